The topological polar surface area (TPSA) is 46.0 Å². The van der Waals surface area contributed by atoms with E-state index in [-0.39, 0.29) is 5.82 Å². The quantitative estimate of drug-likeness (QED) is 0.934. The highest BCUT2D eigenvalue weighted by Crippen LogP contribution is 2.27. The summed E-state index contributed by atoms with van der Waals surface area (Å²) in [6.07, 6.45) is 1.73. The summed E-state index contributed by atoms with van der Waals surface area (Å²) in [5.41, 5.74) is 1.66. The van der Waals surface area contributed by atoms with E-state index in [4.69, 9.17) is 0 Å². The van der Waals surface area contributed by atoms with Crippen molar-refractivity contribution in [3.63, 3.8) is 0 Å². The Morgan fingerprint density at radius 1 is 1.33 bits per heavy atom. The average Bonchev–Trinajstić information content (AvgIpc) is 2.92. The van der Waals surface area contributed by atoms with Gasteiger partial charge in [-0.05, 0) is 11.6 Å². The van der Waals surface area contributed by atoms with E-state index in [2.05, 4.69) is 34.3 Å². The van der Waals surface area contributed by atoms with Gasteiger partial charge in [-0.1, -0.05) is 26.0 Å². The number of nitrogens with one attached hydrogen (secondary N) is 1. The molecule has 112 valence electrons. The second-order valence-electron chi connectivity index (χ2n) is 5.65. The molecule has 5 nitrogen and oxygen atoms in total. The fraction of sp³-hybridized carbons (Fsp3) is 0.467. The highest BCUT2D eigenvalue weighted by atomic mass is 19.1. The summed E-state index contributed by atoms with van der Waals surface area (Å²) < 4.78 is 16.4. The van der Waals surface area contributed by atoms with Crippen LogP contribution in [0.25, 0.3) is 0 Å². The Morgan fingerprint density at radius 2 is 2.19 bits per heavy atom. The van der Waals surface area contributed by atoms with Crippen LogP contribution in [0.15, 0.2) is 24.5 Å². The molecule has 0 amide bonds. The van der Waals surface area contributed by atoms with E-state index in [1.54, 1.807) is 12.4 Å². The van der Waals surface area contributed by atoms with Gasteiger partial charge in [0.25, 0.3) is 0 Å². The van der Waals surface area contributed by atoms with Gasteiger partial charge in [-0.2, -0.15) is 0 Å². The van der Waals surface area contributed by atoms with Crippen LogP contribution in [-0.2, 0) is 19.6 Å². The van der Waals surface area contributed by atoms with Crippen LogP contribution in [-0.4, -0.2) is 27.4 Å². The zero-order chi connectivity index (χ0) is 14.8. The Morgan fingerprint density at radius 3 is 3.00 bits per heavy atom. The first-order chi connectivity index (χ1) is 10.1. The van der Waals surface area contributed by atoms with Crippen LogP contribution in [0, 0.1) is 5.82 Å². The van der Waals surface area contributed by atoms with Crippen molar-refractivity contribution in [1.29, 1.82) is 0 Å². The van der Waals surface area contributed by atoms with Gasteiger partial charge < -0.3 is 14.8 Å². The number of rotatable bonds is 4. The lowest BCUT2D eigenvalue weighted by Crippen LogP contribution is -2.35. The molecule has 1 aliphatic rings. The van der Waals surface area contributed by atoms with E-state index in [0.29, 0.717) is 24.8 Å². The molecule has 1 aromatic heterocycles. The lowest BCUT2D eigenvalue weighted by atomic mass is 10.1. The minimum atomic E-state index is -0.175. The molecule has 0 saturated heterocycles. The minimum absolute atomic E-state index is 0.175. The third-order valence-electron chi connectivity index (χ3n) is 3.73. The number of hydrogen-bond acceptors (Lipinski definition) is 4. The highest BCUT2D eigenvalue weighted by Gasteiger charge is 2.22. The predicted molar refractivity (Wildman–Crippen MR) is 79.4 cm³/mol. The SMILES string of the molecule is CC(C)NCc1cccc(F)c1N1CCn2cnnc2C1. The van der Waals surface area contributed by atoms with Gasteiger partial charge >= 0.3 is 0 Å². The Hall–Kier alpha value is -1.95. The lowest BCUT2D eigenvalue weighted by Gasteiger charge is -2.31. The number of aromatic nitrogens is 3. The largest absolute Gasteiger partial charge is 0.360 e. The van der Waals surface area contributed by atoms with Crippen LogP contribution in [0.5, 0.6) is 0 Å². The van der Waals surface area contributed by atoms with Crippen molar-refractivity contribution in [2.75, 3.05) is 11.4 Å². The van der Waals surface area contributed by atoms with Crippen LogP contribution in [0.4, 0.5) is 10.1 Å². The molecule has 0 fully saturated rings. The molecule has 0 atom stereocenters. The number of benzene rings is 1. The molecular formula is C15H20FN5. The van der Waals surface area contributed by atoms with Gasteiger partial charge in [0.2, 0.25) is 0 Å². The van der Waals surface area contributed by atoms with Crippen LogP contribution in [0.3, 0.4) is 0 Å². The number of para-hydroxylation sites is 1. The molecular weight excluding hydrogens is 269 g/mol. The second-order valence-corrected chi connectivity index (χ2v) is 5.65. The first kappa shape index (κ1) is 14.0. The summed E-state index contributed by atoms with van der Waals surface area (Å²) in [5.74, 6) is 0.707. The molecule has 21 heavy (non-hydrogen) atoms. The Labute approximate surface area is 123 Å². The summed E-state index contributed by atoms with van der Waals surface area (Å²) in [7, 11) is 0. The van der Waals surface area contributed by atoms with Gasteiger partial charge in [0, 0.05) is 25.7 Å². The zero-order valence-corrected chi connectivity index (χ0v) is 12.4. The normalized spacial score (nSPS) is 14.6. The van der Waals surface area contributed by atoms with E-state index in [0.717, 1.165) is 24.5 Å². The molecule has 1 N–H and O–H groups in total. The molecule has 2 aromatic rings. The van der Waals surface area contributed by atoms with Crippen LogP contribution in [0.1, 0.15) is 25.2 Å². The molecule has 0 aliphatic carbocycles. The van der Waals surface area contributed by atoms with E-state index in [1.807, 2.05) is 10.6 Å². The molecule has 6 heteroatoms. The smallest absolute Gasteiger partial charge is 0.152 e. The summed E-state index contributed by atoms with van der Waals surface area (Å²) in [4.78, 5) is 2.05. The molecule has 1 aromatic carbocycles. The fourth-order valence-corrected chi connectivity index (χ4v) is 2.63. The van der Waals surface area contributed by atoms with Crippen molar-refractivity contribution >= 4 is 5.69 Å². The van der Waals surface area contributed by atoms with Gasteiger partial charge in [0.1, 0.15) is 12.1 Å². The fourth-order valence-electron chi connectivity index (χ4n) is 2.63. The second kappa shape index (κ2) is 5.81. The van der Waals surface area contributed by atoms with Gasteiger partial charge in [-0.15, -0.1) is 10.2 Å². The monoisotopic (exact) mass is 289 g/mol. The van der Waals surface area contributed by atoms with E-state index in [1.165, 1.54) is 6.07 Å². The third-order valence-corrected chi connectivity index (χ3v) is 3.73. The maximum absolute atomic E-state index is 14.3. The molecule has 0 spiro atoms. The Kier molecular flexibility index (Phi) is 3.88. The number of fused-ring (bicyclic) bond motifs is 1. The molecule has 2 heterocycles. The standard InChI is InChI=1S/C15H20FN5/c1-11(2)17-8-12-4-3-5-13(16)15(12)20-6-7-21-10-18-19-14(21)9-20/h3-5,10-11,17H,6-9H2,1-2H3. The molecule has 3 rings (SSSR count). The summed E-state index contributed by atoms with van der Waals surface area (Å²) in [6, 6.07) is 5.63. The first-order valence-electron chi connectivity index (χ1n) is 7.27. The van der Waals surface area contributed by atoms with Gasteiger partial charge in [0.15, 0.2) is 5.82 Å². The van der Waals surface area contributed by atoms with Gasteiger partial charge in [0.05, 0.1) is 12.2 Å². The minimum Gasteiger partial charge on any atom is -0.360 e. The van der Waals surface area contributed by atoms with Crippen LogP contribution in [0.2, 0.25) is 0 Å². The van der Waals surface area contributed by atoms with E-state index >= 15 is 0 Å². The number of anilines is 1. The number of halogens is 1. The van der Waals surface area contributed by atoms with Gasteiger partial charge in [-0.3, -0.25) is 0 Å². The molecule has 0 radical (unpaired) electrons. The van der Waals surface area contributed by atoms with Crippen molar-refractivity contribution < 1.29 is 4.39 Å². The third kappa shape index (κ3) is 2.90. The summed E-state index contributed by atoms with van der Waals surface area (Å²) in [6.45, 7) is 6.97. The van der Waals surface area contributed by atoms with Crippen molar-refractivity contribution in [2.24, 2.45) is 0 Å². The summed E-state index contributed by atoms with van der Waals surface area (Å²) in [5, 5.41) is 11.4. The molecule has 0 bridgehead atoms. The van der Waals surface area contributed by atoms with Crippen molar-refractivity contribution in [2.45, 2.75) is 39.5 Å². The van der Waals surface area contributed by atoms with Crippen molar-refractivity contribution in [1.82, 2.24) is 20.1 Å². The summed E-state index contributed by atoms with van der Waals surface area (Å²) >= 11 is 0. The maximum Gasteiger partial charge on any atom is 0.152 e. The highest BCUT2D eigenvalue weighted by molar-refractivity contribution is 5.55. The van der Waals surface area contributed by atoms with E-state index in [9.17, 15) is 4.39 Å². The molecule has 0 unspecified atom stereocenters. The van der Waals surface area contributed by atoms with Crippen LogP contribution >= 0.6 is 0 Å². The maximum atomic E-state index is 14.3. The number of nitrogens with zero attached hydrogens (tertiary/aromatic N) is 4. The molecule has 0 saturated carbocycles. The van der Waals surface area contributed by atoms with Gasteiger partial charge in [-0.25, -0.2) is 4.39 Å². The lowest BCUT2D eigenvalue weighted by molar-refractivity contribution is 0.535. The Balaban J connectivity index is 1.87. The molecule has 1 aliphatic heterocycles. The zero-order valence-electron chi connectivity index (χ0n) is 12.4. The van der Waals surface area contributed by atoms with Crippen molar-refractivity contribution in [3.8, 4) is 0 Å². The van der Waals surface area contributed by atoms with E-state index < -0.39 is 0 Å². The average molecular weight is 289 g/mol. The first-order valence-corrected chi connectivity index (χ1v) is 7.27. The Bertz CT molecular complexity index is 622. The van der Waals surface area contributed by atoms with Crippen molar-refractivity contribution in [3.05, 3.63) is 41.7 Å². The number of hydrogen-bond donors (Lipinski definition) is 1. The predicted octanol–water partition coefficient (Wildman–Crippen LogP) is 1.94. The van der Waals surface area contributed by atoms with Crippen LogP contribution < -0.4 is 10.2 Å².